The second-order valence-corrected chi connectivity index (χ2v) is 11.2. The van der Waals surface area contributed by atoms with E-state index in [4.69, 9.17) is 25.2 Å². The zero-order valence-corrected chi connectivity index (χ0v) is 24.5. The minimum atomic E-state index is 0. The van der Waals surface area contributed by atoms with Crippen molar-refractivity contribution in [3.63, 3.8) is 0 Å². The average Bonchev–Trinajstić information content (AvgIpc) is 2.79. The van der Waals surface area contributed by atoms with Gasteiger partial charge in [-0.25, -0.2) is 0 Å². The summed E-state index contributed by atoms with van der Waals surface area (Å²) in [4.78, 5) is 5.06. The van der Waals surface area contributed by atoms with E-state index in [1.54, 1.807) is 0 Å². The molecule has 0 amide bonds. The predicted octanol–water partition coefficient (Wildman–Crippen LogP) is 4.80. The van der Waals surface area contributed by atoms with E-state index in [2.05, 4.69) is 53.3 Å². The molecule has 0 saturated heterocycles. The monoisotopic (exact) mass is 578 g/mol. The molecule has 10 heteroatoms. The van der Waals surface area contributed by atoms with Gasteiger partial charge >= 0.3 is 33.3 Å². The molecule has 5 nitrogen and oxygen atoms in total. The number of halogens is 2. The van der Waals surface area contributed by atoms with Crippen LogP contribution in [0.15, 0.2) is 18.2 Å². The summed E-state index contributed by atoms with van der Waals surface area (Å²) in [6.45, 7) is 6.66. The third kappa shape index (κ3) is 9.99. The van der Waals surface area contributed by atoms with Crippen LogP contribution in [-0.4, -0.2) is 42.2 Å². The molecule has 1 aliphatic heterocycles. The second-order valence-electron chi connectivity index (χ2n) is 9.22. The van der Waals surface area contributed by atoms with Gasteiger partial charge in [-0.3, -0.25) is 4.98 Å². The molecule has 3 aliphatic rings. The van der Waals surface area contributed by atoms with Crippen LogP contribution in [0.5, 0.6) is 0 Å². The number of nitrogens with one attached hydrogen (secondary N) is 4. The molecule has 2 bridgehead atoms. The molecule has 1 aromatic heterocycles. The quantitative estimate of drug-likeness (QED) is 0.333. The molecule has 1 aromatic rings. The van der Waals surface area contributed by atoms with E-state index in [0.717, 1.165) is 13.1 Å². The molecule has 2 fully saturated rings. The zero-order chi connectivity index (χ0) is 22.1. The van der Waals surface area contributed by atoms with E-state index < -0.39 is 0 Å². The number of pyridine rings is 1. The fourth-order valence-corrected chi connectivity index (χ4v) is 5.43. The van der Waals surface area contributed by atoms with Gasteiger partial charge in [-0.2, -0.15) is 27.0 Å². The van der Waals surface area contributed by atoms with Gasteiger partial charge in [0, 0.05) is 49.3 Å². The van der Waals surface area contributed by atoms with Crippen LogP contribution in [0.3, 0.4) is 0 Å². The number of aromatic nitrogens is 1. The van der Waals surface area contributed by atoms with Gasteiger partial charge in [0.05, 0.1) is 11.4 Å². The van der Waals surface area contributed by atoms with Crippen molar-refractivity contribution in [1.82, 2.24) is 26.3 Å². The standard InChI is InChI=1S/C23H39N5.2ClH.Mn.2H2S/c1-16-18-12-7-13-19(28-18)17(2)27-23-11-6-4-9-21(23)25-15-14-24-20-8-3-5-10-22(20)26-16;;;;;/h7,12-13,16-17,20-27H,3-6,8-11,14-15H2,1-2H3;2*1H;;2*1H2/q;;;+2;;/p-2/t16-,17-,20+,21+,22-,23+;;;;;/m0...../s1. The molecule has 33 heavy (non-hydrogen) atoms. The fraction of sp³-hybridized carbons (Fsp3) is 0.783. The fourth-order valence-electron chi connectivity index (χ4n) is 5.43. The van der Waals surface area contributed by atoms with Crippen LogP contribution in [0.25, 0.3) is 0 Å². The topological polar surface area (TPSA) is 61.0 Å². The molecule has 4 N–H and O–H groups in total. The Kier molecular flexibility index (Phi) is 16.7. The summed E-state index contributed by atoms with van der Waals surface area (Å²) < 4.78 is 0. The molecule has 2 aliphatic carbocycles. The van der Waals surface area contributed by atoms with Gasteiger partial charge in [-0.15, -0.1) is 0 Å². The van der Waals surface area contributed by atoms with E-state index in [-0.39, 0.29) is 52.2 Å². The summed E-state index contributed by atoms with van der Waals surface area (Å²) >= 11 is 0.00694. The van der Waals surface area contributed by atoms with E-state index in [9.17, 15) is 0 Å². The summed E-state index contributed by atoms with van der Waals surface area (Å²) in [5.74, 6) is 0. The summed E-state index contributed by atoms with van der Waals surface area (Å²) in [6.07, 6.45) is 10.4. The Morgan fingerprint density at radius 2 is 1.09 bits per heavy atom. The zero-order valence-electron chi connectivity index (χ0n) is 19.8. The Morgan fingerprint density at radius 1 is 0.727 bits per heavy atom. The number of fused-ring (bicyclic) bond motifs is 4. The normalized spacial score (nSPS) is 32.6. The number of hydrogen-bond donors (Lipinski definition) is 4. The van der Waals surface area contributed by atoms with Gasteiger partial charge in [0.25, 0.3) is 0 Å². The Bertz CT molecular complexity index is 614. The maximum absolute atomic E-state index is 5.06. The Morgan fingerprint density at radius 3 is 1.48 bits per heavy atom. The van der Waals surface area contributed by atoms with Crippen molar-refractivity contribution in [2.24, 2.45) is 0 Å². The molecule has 4 rings (SSSR count). The van der Waals surface area contributed by atoms with Crippen molar-refractivity contribution in [3.05, 3.63) is 29.6 Å². The van der Waals surface area contributed by atoms with Crippen LogP contribution < -0.4 is 21.3 Å². The average molecular weight is 580 g/mol. The first-order valence-corrected chi connectivity index (χ1v) is 15.2. The summed E-state index contributed by atoms with van der Waals surface area (Å²) in [6, 6.07) is 9.34. The maximum atomic E-state index is 5.06. The molecular weight excluding hydrogens is 536 g/mol. The molecule has 193 valence electrons. The SMILES string of the molecule is C[C@@H]1N[C@H]2CCCC[C@H]2NCCN[C@@H]2CCCC[C@H]2N[C@@H](C)c2cccc1n2.S.S.[Cl][Mn][Cl]. The van der Waals surface area contributed by atoms with Crippen LogP contribution in [-0.2, 0) is 13.1 Å². The van der Waals surface area contributed by atoms with Crippen LogP contribution in [0.4, 0.5) is 0 Å². The summed E-state index contributed by atoms with van der Waals surface area (Å²) in [5, 5.41) is 15.5. The molecule has 0 spiro atoms. The van der Waals surface area contributed by atoms with Gasteiger partial charge in [-0.1, -0.05) is 31.7 Å². The van der Waals surface area contributed by atoms with E-state index >= 15 is 0 Å². The van der Waals surface area contributed by atoms with E-state index in [1.165, 1.54) is 62.8 Å². The first kappa shape index (κ1) is 31.8. The van der Waals surface area contributed by atoms with Gasteiger partial charge < -0.3 is 21.3 Å². The number of hydrogen-bond acceptors (Lipinski definition) is 5. The van der Waals surface area contributed by atoms with Crippen molar-refractivity contribution in [1.29, 1.82) is 0 Å². The molecule has 2 saturated carbocycles. The third-order valence-electron chi connectivity index (χ3n) is 7.08. The van der Waals surface area contributed by atoms with Crippen LogP contribution in [0.1, 0.15) is 88.7 Å². The van der Waals surface area contributed by atoms with Gasteiger partial charge in [0.15, 0.2) is 0 Å². The molecule has 2 heterocycles. The van der Waals surface area contributed by atoms with Gasteiger partial charge in [-0.05, 0) is 51.7 Å². The van der Waals surface area contributed by atoms with Gasteiger partial charge in [0.2, 0.25) is 0 Å². The molecular formula is C23H43Cl2MnN5S2. The predicted molar refractivity (Wildman–Crippen MR) is 148 cm³/mol. The van der Waals surface area contributed by atoms with Crippen molar-refractivity contribution in [2.45, 2.75) is 101 Å². The van der Waals surface area contributed by atoms with Crippen LogP contribution >= 0.6 is 47.2 Å². The molecule has 6 atom stereocenters. The molecule has 0 unspecified atom stereocenters. The number of nitrogens with zero attached hydrogens (tertiary/aromatic N) is 1. The van der Waals surface area contributed by atoms with Crippen molar-refractivity contribution in [2.75, 3.05) is 13.1 Å². The Labute approximate surface area is 229 Å². The minimum absolute atomic E-state index is 0. The Balaban J connectivity index is 0.00000103. The molecule has 0 radical (unpaired) electrons. The number of rotatable bonds is 0. The summed E-state index contributed by atoms with van der Waals surface area (Å²) in [7, 11) is 9.59. The second kappa shape index (κ2) is 17.3. The first-order valence-electron chi connectivity index (χ1n) is 11.9. The van der Waals surface area contributed by atoms with E-state index in [0.29, 0.717) is 24.2 Å². The van der Waals surface area contributed by atoms with Gasteiger partial charge in [0.1, 0.15) is 0 Å². The Hall–Kier alpha value is 0.789. The van der Waals surface area contributed by atoms with Crippen molar-refractivity contribution >= 4 is 47.2 Å². The van der Waals surface area contributed by atoms with Crippen LogP contribution in [0, 0.1) is 0 Å². The third-order valence-corrected chi connectivity index (χ3v) is 7.08. The summed E-state index contributed by atoms with van der Waals surface area (Å²) in [5.41, 5.74) is 2.34. The van der Waals surface area contributed by atoms with Crippen molar-refractivity contribution < 1.29 is 13.1 Å². The first-order chi connectivity index (χ1) is 15.1. The van der Waals surface area contributed by atoms with Crippen LogP contribution in [0.2, 0.25) is 0 Å². The molecule has 0 aromatic carbocycles. The van der Waals surface area contributed by atoms with Crippen molar-refractivity contribution in [3.8, 4) is 0 Å². The van der Waals surface area contributed by atoms with E-state index in [1.807, 2.05) is 0 Å².